The first-order valence-electron chi connectivity index (χ1n) is 5.21. The fourth-order valence-electron chi connectivity index (χ4n) is 1.52. The molecule has 0 unspecified atom stereocenters. The molecule has 0 radical (unpaired) electrons. The Kier molecular flexibility index (Phi) is 4.01. The summed E-state index contributed by atoms with van der Waals surface area (Å²) in [5.74, 6) is -27.7. The predicted molar refractivity (Wildman–Crippen MR) is 50.2 cm³/mol. The fraction of sp³-hybridized carbons (Fsp3) is 0.600. The van der Waals surface area contributed by atoms with E-state index in [0.717, 1.165) is 0 Å². The van der Waals surface area contributed by atoms with E-state index in [4.69, 9.17) is 0 Å². The number of hydrogen-bond donors (Lipinski definition) is 0. The van der Waals surface area contributed by atoms with Crippen LogP contribution in [0.4, 0.5) is 48.3 Å². The van der Waals surface area contributed by atoms with Gasteiger partial charge in [0.25, 0.3) is 0 Å². The van der Waals surface area contributed by atoms with E-state index in [9.17, 15) is 48.3 Å². The Morgan fingerprint density at radius 2 is 1.18 bits per heavy atom. The van der Waals surface area contributed by atoms with Gasteiger partial charge in [-0.1, -0.05) is 0 Å². The second kappa shape index (κ2) is 4.75. The summed E-state index contributed by atoms with van der Waals surface area (Å²) in [6.45, 7) is 0. The summed E-state index contributed by atoms with van der Waals surface area (Å²) in [4.78, 5) is 0. The van der Waals surface area contributed by atoms with Crippen molar-refractivity contribution in [3.63, 3.8) is 0 Å². The Balaban J connectivity index is 3.48. The lowest BCUT2D eigenvalue weighted by atomic mass is 9.96. The van der Waals surface area contributed by atoms with Crippen LogP contribution in [-0.4, -0.2) is 28.5 Å². The summed E-state index contributed by atoms with van der Waals surface area (Å²) >= 11 is 0. The molecule has 22 heavy (non-hydrogen) atoms. The first kappa shape index (κ1) is 18.6. The Labute approximate surface area is 115 Å². The van der Waals surface area contributed by atoms with Crippen molar-refractivity contribution >= 4 is 0 Å². The zero-order chi connectivity index (χ0) is 17.8. The summed E-state index contributed by atoms with van der Waals surface area (Å²) in [5.41, 5.74) is -1.85. The van der Waals surface area contributed by atoms with Crippen LogP contribution < -0.4 is 0 Å². The summed E-state index contributed by atoms with van der Waals surface area (Å²) in [6, 6.07) is 0.884. The molecule has 0 N–H and O–H groups in total. The lowest BCUT2D eigenvalue weighted by Crippen LogP contribution is -2.65. The van der Waals surface area contributed by atoms with E-state index in [0.29, 0.717) is 19.3 Å². The number of halogens is 11. The molecule has 0 fully saturated rings. The van der Waals surface area contributed by atoms with Crippen LogP contribution in [0.1, 0.15) is 5.69 Å². The second-order valence-electron chi connectivity index (χ2n) is 4.30. The van der Waals surface area contributed by atoms with Gasteiger partial charge in [-0.15, -0.1) is 0 Å². The SMILES string of the molecule is Cn1cccc1C(F)(F)C(F)(F)C(F)(F)C(F)(F)C(F)(F)F. The minimum absolute atomic E-state index is 0.190. The van der Waals surface area contributed by atoms with E-state index in [1.165, 1.54) is 0 Å². The zero-order valence-corrected chi connectivity index (χ0v) is 10.3. The van der Waals surface area contributed by atoms with Gasteiger partial charge in [-0.25, -0.2) is 0 Å². The number of aromatic nitrogens is 1. The van der Waals surface area contributed by atoms with Crippen molar-refractivity contribution in [2.75, 3.05) is 0 Å². The molecular weight excluding hydrogens is 343 g/mol. The van der Waals surface area contributed by atoms with Crippen molar-refractivity contribution in [1.29, 1.82) is 0 Å². The zero-order valence-electron chi connectivity index (χ0n) is 10.3. The number of aryl methyl sites for hydroxylation is 1. The standard InChI is InChI=1S/C10H6F11N/c1-22-4-2-3-5(22)6(11,12)7(13,14)8(15,16)9(17,18)10(19,20)21/h2-4H,1H3. The molecule has 1 aromatic rings. The highest BCUT2D eigenvalue weighted by atomic mass is 19.4. The lowest BCUT2D eigenvalue weighted by Gasteiger charge is -2.37. The van der Waals surface area contributed by atoms with Crippen molar-refractivity contribution in [3.05, 3.63) is 24.0 Å². The third-order valence-corrected chi connectivity index (χ3v) is 2.80. The van der Waals surface area contributed by atoms with E-state index in [1.54, 1.807) is 0 Å². The van der Waals surface area contributed by atoms with Gasteiger partial charge in [0.15, 0.2) is 0 Å². The van der Waals surface area contributed by atoms with Crippen LogP contribution in [0.5, 0.6) is 0 Å². The normalized spacial score (nSPS) is 15.3. The number of alkyl halides is 11. The Bertz CT molecular complexity index is 539. The number of rotatable bonds is 4. The predicted octanol–water partition coefficient (Wildman–Crippen LogP) is 4.59. The van der Waals surface area contributed by atoms with Gasteiger partial charge >= 0.3 is 29.9 Å². The van der Waals surface area contributed by atoms with Gasteiger partial charge in [0.05, 0.1) is 5.69 Å². The van der Waals surface area contributed by atoms with E-state index in [-0.39, 0.29) is 10.6 Å². The van der Waals surface area contributed by atoms with Gasteiger partial charge in [0, 0.05) is 13.2 Å². The molecule has 128 valence electrons. The molecule has 1 aromatic heterocycles. The number of nitrogens with zero attached hydrogens (tertiary/aromatic N) is 1. The van der Waals surface area contributed by atoms with Gasteiger partial charge in [0.1, 0.15) is 0 Å². The Hall–Kier alpha value is -1.49. The van der Waals surface area contributed by atoms with Crippen molar-refractivity contribution in [2.24, 2.45) is 7.05 Å². The molecule has 0 bridgehead atoms. The minimum atomic E-state index is -7.38. The molecule has 0 amide bonds. The molecule has 0 spiro atoms. The fourth-order valence-corrected chi connectivity index (χ4v) is 1.52. The third-order valence-electron chi connectivity index (χ3n) is 2.80. The van der Waals surface area contributed by atoms with Gasteiger partial charge in [0.2, 0.25) is 0 Å². The van der Waals surface area contributed by atoms with Gasteiger partial charge in [-0.3, -0.25) is 0 Å². The molecule has 0 saturated heterocycles. The third kappa shape index (κ3) is 2.22. The smallest absolute Gasteiger partial charge is 0.349 e. The summed E-state index contributed by atoms with van der Waals surface area (Å²) in [7, 11) is 0.694. The van der Waals surface area contributed by atoms with Crippen LogP contribution in [0.3, 0.4) is 0 Å². The van der Waals surface area contributed by atoms with Crippen molar-refractivity contribution < 1.29 is 48.3 Å². The maximum atomic E-state index is 13.5. The van der Waals surface area contributed by atoms with Crippen molar-refractivity contribution in [2.45, 2.75) is 29.9 Å². The molecule has 1 heterocycles. The monoisotopic (exact) mass is 349 g/mol. The first-order chi connectivity index (χ1) is 9.52. The highest BCUT2D eigenvalue weighted by Gasteiger charge is 2.87. The Morgan fingerprint density at radius 1 is 0.727 bits per heavy atom. The molecule has 0 aliphatic heterocycles. The van der Waals surface area contributed by atoms with E-state index >= 15 is 0 Å². The van der Waals surface area contributed by atoms with Crippen molar-refractivity contribution in [3.8, 4) is 0 Å². The highest BCUT2D eigenvalue weighted by molar-refractivity contribution is 5.20. The van der Waals surface area contributed by atoms with Gasteiger partial charge in [-0.05, 0) is 12.1 Å². The molecular formula is C10H6F11N. The topological polar surface area (TPSA) is 4.93 Å². The molecule has 1 rings (SSSR count). The van der Waals surface area contributed by atoms with E-state index in [2.05, 4.69) is 0 Å². The average Bonchev–Trinajstić information content (AvgIpc) is 2.73. The molecule has 0 aliphatic rings. The molecule has 1 nitrogen and oxygen atoms in total. The van der Waals surface area contributed by atoms with Crippen LogP contribution in [0.25, 0.3) is 0 Å². The van der Waals surface area contributed by atoms with E-state index < -0.39 is 35.6 Å². The molecule has 12 heteroatoms. The maximum absolute atomic E-state index is 13.5. The first-order valence-corrected chi connectivity index (χ1v) is 5.21. The van der Waals surface area contributed by atoms with Gasteiger partial charge < -0.3 is 4.57 Å². The second-order valence-corrected chi connectivity index (χ2v) is 4.30. The highest BCUT2D eigenvalue weighted by Crippen LogP contribution is 2.59. The van der Waals surface area contributed by atoms with Crippen LogP contribution in [0, 0.1) is 0 Å². The van der Waals surface area contributed by atoms with E-state index in [1.807, 2.05) is 0 Å². The van der Waals surface area contributed by atoms with Crippen LogP contribution in [0.15, 0.2) is 18.3 Å². The summed E-state index contributed by atoms with van der Waals surface area (Å²) < 4.78 is 140. The molecule has 0 aromatic carbocycles. The quantitative estimate of drug-likeness (QED) is 0.701. The largest absolute Gasteiger partial charge is 0.460 e. The minimum Gasteiger partial charge on any atom is -0.349 e. The van der Waals surface area contributed by atoms with Crippen molar-refractivity contribution in [1.82, 2.24) is 4.57 Å². The summed E-state index contributed by atoms with van der Waals surface area (Å²) in [5, 5.41) is 0. The summed E-state index contributed by atoms with van der Waals surface area (Å²) in [6.07, 6.45) is -6.45. The molecule has 0 aliphatic carbocycles. The van der Waals surface area contributed by atoms with Gasteiger partial charge in [-0.2, -0.15) is 48.3 Å². The lowest BCUT2D eigenvalue weighted by molar-refractivity contribution is -0.425. The number of hydrogen-bond acceptors (Lipinski definition) is 0. The van der Waals surface area contributed by atoms with Crippen LogP contribution in [0.2, 0.25) is 0 Å². The van der Waals surface area contributed by atoms with Crippen LogP contribution in [-0.2, 0) is 13.0 Å². The molecule has 0 atom stereocenters. The average molecular weight is 349 g/mol. The molecule has 0 saturated carbocycles. The Morgan fingerprint density at radius 3 is 1.50 bits per heavy atom. The maximum Gasteiger partial charge on any atom is 0.460 e. The van der Waals surface area contributed by atoms with Crippen LogP contribution >= 0.6 is 0 Å².